The highest BCUT2D eigenvalue weighted by atomic mass is 16.3. The highest BCUT2D eigenvalue weighted by molar-refractivity contribution is 6.09. The van der Waals surface area contributed by atoms with Gasteiger partial charge in [0.1, 0.15) is 22.5 Å². The summed E-state index contributed by atoms with van der Waals surface area (Å²) in [7, 11) is 0. The van der Waals surface area contributed by atoms with Crippen molar-refractivity contribution in [2.75, 3.05) is 0 Å². The molecule has 0 bridgehead atoms. The van der Waals surface area contributed by atoms with Crippen LogP contribution in [0.2, 0.25) is 0 Å². The van der Waals surface area contributed by atoms with Gasteiger partial charge in [0.05, 0.1) is 0 Å². The molecule has 3 heterocycles. The molecule has 1 aliphatic rings. The Kier molecular flexibility index (Phi) is 7.55. The molecule has 0 fully saturated rings. The van der Waals surface area contributed by atoms with Crippen LogP contribution in [-0.2, 0) is 0 Å². The summed E-state index contributed by atoms with van der Waals surface area (Å²) in [4.78, 5) is 4.42. The smallest absolute Gasteiger partial charge is 0.138 e. The highest BCUT2D eigenvalue weighted by Crippen LogP contribution is 2.51. The van der Waals surface area contributed by atoms with Gasteiger partial charge in [0.15, 0.2) is 0 Å². The van der Waals surface area contributed by atoms with Gasteiger partial charge in [-0.25, -0.2) is 0 Å². The molecule has 0 saturated carbocycles. The summed E-state index contributed by atoms with van der Waals surface area (Å²) >= 11 is 0. The van der Waals surface area contributed by atoms with Crippen molar-refractivity contribution in [1.29, 1.82) is 0 Å². The van der Waals surface area contributed by atoms with E-state index < -0.39 is 0 Å². The lowest BCUT2D eigenvalue weighted by Gasteiger charge is -2.25. The maximum atomic E-state index is 6.28. The fourth-order valence-electron chi connectivity index (χ4n) is 8.87. The van der Waals surface area contributed by atoms with E-state index in [4.69, 9.17) is 8.83 Å². The average molecular weight is 730 g/mol. The summed E-state index contributed by atoms with van der Waals surface area (Å²) in [6.07, 6.45) is 9.55. The number of hydrogen-bond acceptors (Lipinski definition) is 3. The minimum Gasteiger partial charge on any atom is -0.456 e. The van der Waals surface area contributed by atoms with Crippen molar-refractivity contribution in [3.05, 3.63) is 188 Å². The number of pyridine rings is 1. The van der Waals surface area contributed by atoms with Gasteiger partial charge in [-0.05, 0) is 139 Å². The molecule has 57 heavy (non-hydrogen) atoms. The third-order valence-corrected chi connectivity index (χ3v) is 11.4. The average Bonchev–Trinajstić information content (AvgIpc) is 3.82. The molecule has 3 heteroatoms. The van der Waals surface area contributed by atoms with Gasteiger partial charge in [0, 0.05) is 34.1 Å². The number of benzene rings is 7. The lowest BCUT2D eigenvalue weighted by molar-refractivity contribution is 0.603. The highest BCUT2D eigenvalue weighted by Gasteiger charge is 2.24. The van der Waals surface area contributed by atoms with Crippen LogP contribution in [-0.4, -0.2) is 4.98 Å². The standard InChI is InChI=1S/C54H35NO2/c1-3-12-50-38(4-2)47-30-33(21-23-51(47)56-50)35-27-36(34-22-24-52-48(31-34)49-32-55-26-25-53(49)57-52)29-37(28-35)39-19-11-20-46-44-16-8-7-15-42(44)40-13-5-6-14-41(40)43-17-9-10-18-45(43)54(39)46/h3-32H,2H2,1H3/b12-3-,42-40?,43-41?,46-44?,54-45?. The van der Waals surface area contributed by atoms with Crippen LogP contribution < -0.4 is 0 Å². The Hall–Kier alpha value is -7.49. The molecule has 1 aliphatic carbocycles. The second-order valence-electron chi connectivity index (χ2n) is 14.6. The van der Waals surface area contributed by atoms with E-state index in [-0.39, 0.29) is 0 Å². The Morgan fingerprint density at radius 3 is 1.63 bits per heavy atom. The molecule has 0 atom stereocenters. The van der Waals surface area contributed by atoms with Crippen molar-refractivity contribution >= 4 is 45.1 Å². The number of allylic oxidation sites excluding steroid dienone is 1. The third kappa shape index (κ3) is 5.24. The lowest BCUT2D eigenvalue weighted by atomic mass is 9.78. The number of fused-ring (bicyclic) bond motifs is 12. The predicted octanol–water partition coefficient (Wildman–Crippen LogP) is 15.4. The Labute approximate surface area is 330 Å². The van der Waals surface area contributed by atoms with Gasteiger partial charge in [-0.3, -0.25) is 4.98 Å². The van der Waals surface area contributed by atoms with Crippen LogP contribution in [0.4, 0.5) is 0 Å². The van der Waals surface area contributed by atoms with E-state index in [9.17, 15) is 0 Å². The quantitative estimate of drug-likeness (QED) is 0.177. The van der Waals surface area contributed by atoms with E-state index in [1.807, 2.05) is 37.4 Å². The van der Waals surface area contributed by atoms with Gasteiger partial charge in [-0.15, -0.1) is 0 Å². The normalized spacial score (nSPS) is 11.9. The Balaban J connectivity index is 1.20. The molecule has 3 nitrogen and oxygen atoms in total. The zero-order chi connectivity index (χ0) is 38.0. The fourth-order valence-corrected chi connectivity index (χ4v) is 8.87. The van der Waals surface area contributed by atoms with E-state index in [2.05, 4.69) is 157 Å². The van der Waals surface area contributed by atoms with Gasteiger partial charge in [0.25, 0.3) is 0 Å². The third-order valence-electron chi connectivity index (χ3n) is 11.4. The van der Waals surface area contributed by atoms with E-state index in [0.717, 1.165) is 72.0 Å². The zero-order valence-corrected chi connectivity index (χ0v) is 31.3. The van der Waals surface area contributed by atoms with Crippen LogP contribution in [0.15, 0.2) is 186 Å². The Bertz CT molecular complexity index is 3280. The second kappa shape index (κ2) is 13.1. The number of aromatic nitrogens is 1. The minimum atomic E-state index is 0.813. The van der Waals surface area contributed by atoms with Gasteiger partial charge >= 0.3 is 0 Å². The van der Waals surface area contributed by atoms with Crippen molar-refractivity contribution in [3.63, 3.8) is 0 Å². The van der Waals surface area contributed by atoms with Crippen molar-refractivity contribution in [3.8, 4) is 77.9 Å². The van der Waals surface area contributed by atoms with Crippen LogP contribution >= 0.6 is 0 Å². The van der Waals surface area contributed by atoms with Crippen LogP contribution in [0.1, 0.15) is 18.2 Å². The molecule has 0 N–H and O–H groups in total. The number of nitrogens with zero attached hydrogens (tertiary/aromatic N) is 1. The van der Waals surface area contributed by atoms with Crippen LogP contribution in [0.3, 0.4) is 0 Å². The first-order chi connectivity index (χ1) is 28.2. The molecule has 0 saturated heterocycles. The predicted molar refractivity (Wildman–Crippen MR) is 238 cm³/mol. The van der Waals surface area contributed by atoms with Crippen molar-refractivity contribution in [1.82, 2.24) is 4.98 Å². The maximum Gasteiger partial charge on any atom is 0.138 e. The van der Waals surface area contributed by atoms with Crippen LogP contribution in [0.5, 0.6) is 0 Å². The minimum absolute atomic E-state index is 0.813. The fraction of sp³-hybridized carbons (Fsp3) is 0.0185. The van der Waals surface area contributed by atoms with Crippen molar-refractivity contribution in [2.45, 2.75) is 6.92 Å². The van der Waals surface area contributed by atoms with Crippen molar-refractivity contribution in [2.24, 2.45) is 0 Å². The van der Waals surface area contributed by atoms with Gasteiger partial charge in [-0.2, -0.15) is 0 Å². The van der Waals surface area contributed by atoms with Crippen molar-refractivity contribution < 1.29 is 8.83 Å². The first-order valence-corrected chi connectivity index (χ1v) is 19.3. The molecule has 0 spiro atoms. The first kappa shape index (κ1) is 32.9. The monoisotopic (exact) mass is 729 g/mol. The molecule has 268 valence electrons. The molecule has 0 amide bonds. The number of hydrogen-bond donors (Lipinski definition) is 0. The lowest BCUT2D eigenvalue weighted by Crippen LogP contribution is -1.99. The molecule has 11 rings (SSSR count). The van der Waals surface area contributed by atoms with E-state index in [1.165, 1.54) is 50.1 Å². The summed E-state index contributed by atoms with van der Waals surface area (Å²) in [6.45, 7) is 6.15. The summed E-state index contributed by atoms with van der Waals surface area (Å²) in [5, 5.41) is 3.09. The molecular weight excluding hydrogens is 695 g/mol. The second-order valence-corrected chi connectivity index (χ2v) is 14.6. The molecule has 7 aromatic carbocycles. The first-order valence-electron chi connectivity index (χ1n) is 19.3. The van der Waals surface area contributed by atoms with Crippen LogP contribution in [0, 0.1) is 0 Å². The Morgan fingerprint density at radius 1 is 0.456 bits per heavy atom. The number of furan rings is 2. The molecule has 0 unspecified atom stereocenters. The molecule has 0 radical (unpaired) electrons. The number of rotatable bonds is 5. The molecule has 0 aliphatic heterocycles. The van der Waals surface area contributed by atoms with Gasteiger partial charge in [-0.1, -0.05) is 122 Å². The Morgan fingerprint density at radius 2 is 0.982 bits per heavy atom. The summed E-state index contributed by atoms with van der Waals surface area (Å²) < 4.78 is 12.5. The van der Waals surface area contributed by atoms with Gasteiger partial charge in [0.2, 0.25) is 0 Å². The molecular formula is C54H35NO2. The van der Waals surface area contributed by atoms with Gasteiger partial charge < -0.3 is 8.83 Å². The topological polar surface area (TPSA) is 39.2 Å². The largest absolute Gasteiger partial charge is 0.456 e. The zero-order valence-electron chi connectivity index (χ0n) is 31.3. The SMILES string of the molecule is C=Cc1c(/C=C\C)oc2ccc(-c3cc(-c4ccc5oc6ccncc6c5c4)cc(-c4cccc5c4-c4ccccc4-c4ccccc4-c4ccccc4-5)c3)cc12. The maximum absolute atomic E-state index is 6.28. The van der Waals surface area contributed by atoms with Crippen LogP contribution in [0.25, 0.3) is 123 Å². The molecule has 3 aromatic heterocycles. The van der Waals surface area contributed by atoms with E-state index >= 15 is 0 Å². The summed E-state index contributed by atoms with van der Waals surface area (Å²) in [5.41, 5.74) is 20.0. The molecule has 10 aromatic rings. The van der Waals surface area contributed by atoms with E-state index in [0.29, 0.717) is 0 Å². The summed E-state index contributed by atoms with van der Waals surface area (Å²) in [6, 6.07) is 55.2. The summed E-state index contributed by atoms with van der Waals surface area (Å²) in [5.74, 6) is 0.813. The van der Waals surface area contributed by atoms with E-state index in [1.54, 1.807) is 6.20 Å².